The van der Waals surface area contributed by atoms with Gasteiger partial charge in [0, 0.05) is 36.0 Å². The smallest absolute Gasteiger partial charge is 0.0201 e. The summed E-state index contributed by atoms with van der Waals surface area (Å²) in [5, 5.41) is 0. The van der Waals surface area contributed by atoms with Crippen LogP contribution in [0.1, 0.15) is 26.2 Å². The summed E-state index contributed by atoms with van der Waals surface area (Å²) in [6.07, 6.45) is 4.26. The molecular formula is C7H14IN. The molecule has 0 unspecified atom stereocenters. The number of halogens is 1. The van der Waals surface area contributed by atoms with Crippen LogP contribution >= 0.6 is 22.9 Å². The van der Waals surface area contributed by atoms with Crippen molar-refractivity contribution in [1.29, 1.82) is 0 Å². The maximum absolute atomic E-state index is 2.43. The minimum atomic E-state index is 0.921. The Morgan fingerprint density at radius 2 is 2.22 bits per heavy atom. The summed E-state index contributed by atoms with van der Waals surface area (Å²) in [6.45, 7) is 4.93. The third kappa shape index (κ3) is 2.85. The molecule has 0 spiro atoms. The quantitative estimate of drug-likeness (QED) is 0.463. The van der Waals surface area contributed by atoms with Crippen LogP contribution in [-0.4, -0.2) is 16.2 Å². The van der Waals surface area contributed by atoms with Crippen LogP contribution in [0.4, 0.5) is 0 Å². The molecule has 0 saturated carbocycles. The molecule has 1 aliphatic heterocycles. The summed E-state index contributed by atoms with van der Waals surface area (Å²) in [7, 11) is 0. The first-order valence-electron chi connectivity index (χ1n) is 3.70. The van der Waals surface area contributed by atoms with E-state index in [1.54, 1.807) is 0 Å². The van der Waals surface area contributed by atoms with Crippen molar-refractivity contribution >= 4 is 22.9 Å². The van der Waals surface area contributed by atoms with Crippen molar-refractivity contribution in [3.63, 3.8) is 0 Å². The van der Waals surface area contributed by atoms with Gasteiger partial charge in [-0.25, -0.2) is 3.11 Å². The summed E-state index contributed by atoms with van der Waals surface area (Å²) >= 11 is 2.43. The van der Waals surface area contributed by atoms with E-state index in [0.29, 0.717) is 0 Å². The molecule has 2 heteroatoms. The first-order chi connectivity index (χ1) is 4.29. The van der Waals surface area contributed by atoms with E-state index in [9.17, 15) is 0 Å². The van der Waals surface area contributed by atoms with Crippen LogP contribution in [0.2, 0.25) is 0 Å². The minimum absolute atomic E-state index is 0.921. The monoisotopic (exact) mass is 239 g/mol. The van der Waals surface area contributed by atoms with Crippen LogP contribution in [0.5, 0.6) is 0 Å². The Hall–Kier alpha value is 0.690. The van der Waals surface area contributed by atoms with Gasteiger partial charge >= 0.3 is 0 Å². The zero-order valence-electron chi connectivity index (χ0n) is 5.94. The van der Waals surface area contributed by atoms with Crippen LogP contribution in [0.3, 0.4) is 0 Å². The van der Waals surface area contributed by atoms with Crippen LogP contribution < -0.4 is 0 Å². The van der Waals surface area contributed by atoms with E-state index < -0.39 is 0 Å². The molecule has 1 atom stereocenters. The van der Waals surface area contributed by atoms with Crippen molar-refractivity contribution in [2.45, 2.75) is 26.2 Å². The van der Waals surface area contributed by atoms with E-state index in [-0.39, 0.29) is 0 Å². The molecule has 9 heavy (non-hydrogen) atoms. The molecule has 1 rings (SSSR count). The molecule has 1 fully saturated rings. The molecule has 0 aromatic carbocycles. The molecule has 1 heterocycles. The lowest BCUT2D eigenvalue weighted by atomic mass is 10.1. The Labute approximate surface area is 71.3 Å². The molecule has 0 radical (unpaired) electrons. The maximum Gasteiger partial charge on any atom is 0.0201 e. The second-order valence-corrected chi connectivity index (χ2v) is 4.33. The van der Waals surface area contributed by atoms with Gasteiger partial charge in [-0.05, 0) is 18.8 Å². The molecule has 1 saturated heterocycles. The van der Waals surface area contributed by atoms with Gasteiger partial charge in [0.15, 0.2) is 0 Å². The lowest BCUT2D eigenvalue weighted by Crippen LogP contribution is -2.16. The van der Waals surface area contributed by atoms with Crippen molar-refractivity contribution in [2.24, 2.45) is 5.92 Å². The number of hydrogen-bond donors (Lipinski definition) is 0. The van der Waals surface area contributed by atoms with Crippen LogP contribution in [-0.2, 0) is 0 Å². The van der Waals surface area contributed by atoms with Crippen LogP contribution in [0, 0.1) is 5.92 Å². The predicted octanol–water partition coefficient (Wildman–Crippen LogP) is 2.46. The van der Waals surface area contributed by atoms with Crippen molar-refractivity contribution in [3.8, 4) is 0 Å². The van der Waals surface area contributed by atoms with Crippen molar-refractivity contribution < 1.29 is 0 Å². The molecular weight excluding hydrogens is 225 g/mol. The van der Waals surface area contributed by atoms with Gasteiger partial charge in [-0.3, -0.25) is 0 Å². The highest BCUT2D eigenvalue weighted by Gasteiger charge is 2.10. The van der Waals surface area contributed by atoms with Crippen LogP contribution in [0.15, 0.2) is 0 Å². The van der Waals surface area contributed by atoms with Gasteiger partial charge in [0.05, 0.1) is 0 Å². The van der Waals surface area contributed by atoms with Gasteiger partial charge in [0.2, 0.25) is 0 Å². The van der Waals surface area contributed by atoms with E-state index in [2.05, 4.69) is 32.9 Å². The number of hydrogen-bond acceptors (Lipinski definition) is 1. The second-order valence-electron chi connectivity index (χ2n) is 2.97. The average Bonchev–Trinajstić information content (AvgIpc) is 1.93. The topological polar surface area (TPSA) is 3.24 Å². The van der Waals surface area contributed by atoms with Gasteiger partial charge in [-0.2, -0.15) is 0 Å². The number of nitrogens with zero attached hydrogens (tertiary/aromatic N) is 1. The third-order valence-corrected chi connectivity index (χ3v) is 2.73. The van der Waals surface area contributed by atoms with E-state index in [4.69, 9.17) is 0 Å². The molecule has 1 aliphatic rings. The first-order valence-corrected chi connectivity index (χ1v) is 4.66. The lowest BCUT2D eigenvalue weighted by Gasteiger charge is -2.12. The molecule has 0 N–H and O–H groups in total. The van der Waals surface area contributed by atoms with Gasteiger partial charge < -0.3 is 0 Å². The standard InChI is InChI=1S/C7H14IN/c1-7-4-2-3-5-9(8)6-7/h7H,2-6H2,1H3/t7-/m1/s1. The van der Waals surface area contributed by atoms with Gasteiger partial charge in [-0.15, -0.1) is 0 Å². The average molecular weight is 239 g/mol. The molecule has 0 amide bonds. The largest absolute Gasteiger partial charge is 0.247 e. The Balaban J connectivity index is 2.29. The highest BCUT2D eigenvalue weighted by molar-refractivity contribution is 14.1. The Bertz CT molecular complexity index is 75.0. The normalized spacial score (nSPS) is 32.0. The molecule has 1 nitrogen and oxygen atoms in total. The second kappa shape index (κ2) is 3.76. The molecule has 0 aromatic heterocycles. The predicted molar refractivity (Wildman–Crippen MR) is 48.6 cm³/mol. The lowest BCUT2D eigenvalue weighted by molar-refractivity contribution is 0.446. The maximum atomic E-state index is 2.43. The fourth-order valence-electron chi connectivity index (χ4n) is 1.30. The molecule has 54 valence electrons. The molecule has 0 aromatic rings. The summed E-state index contributed by atoms with van der Waals surface area (Å²) < 4.78 is 2.41. The van der Waals surface area contributed by atoms with Crippen molar-refractivity contribution in [3.05, 3.63) is 0 Å². The number of rotatable bonds is 0. The zero-order chi connectivity index (χ0) is 6.69. The van der Waals surface area contributed by atoms with Gasteiger partial charge in [0.1, 0.15) is 0 Å². The van der Waals surface area contributed by atoms with Crippen molar-refractivity contribution in [1.82, 2.24) is 3.11 Å². The highest BCUT2D eigenvalue weighted by Crippen LogP contribution is 2.17. The van der Waals surface area contributed by atoms with E-state index in [1.165, 1.54) is 32.4 Å². The van der Waals surface area contributed by atoms with Crippen LogP contribution in [0.25, 0.3) is 0 Å². The van der Waals surface area contributed by atoms with Gasteiger partial charge in [-0.1, -0.05) is 13.3 Å². The van der Waals surface area contributed by atoms with Gasteiger partial charge in [0.25, 0.3) is 0 Å². The highest BCUT2D eigenvalue weighted by atomic mass is 127. The SMILES string of the molecule is C[C@@H]1CCCCN(I)C1. The molecule has 0 aliphatic carbocycles. The van der Waals surface area contributed by atoms with E-state index in [1.807, 2.05) is 0 Å². The fraction of sp³-hybridized carbons (Fsp3) is 1.00. The minimum Gasteiger partial charge on any atom is -0.247 e. The van der Waals surface area contributed by atoms with E-state index in [0.717, 1.165) is 5.92 Å². The fourth-order valence-corrected chi connectivity index (χ4v) is 2.31. The molecule has 0 bridgehead atoms. The van der Waals surface area contributed by atoms with Crippen molar-refractivity contribution in [2.75, 3.05) is 13.1 Å². The first kappa shape index (κ1) is 7.79. The third-order valence-electron chi connectivity index (χ3n) is 1.86. The Morgan fingerprint density at radius 3 is 3.00 bits per heavy atom. The summed E-state index contributed by atoms with van der Waals surface area (Å²) in [5.41, 5.74) is 0. The van der Waals surface area contributed by atoms with E-state index >= 15 is 0 Å². The summed E-state index contributed by atoms with van der Waals surface area (Å²) in [5.74, 6) is 0.921. The Morgan fingerprint density at radius 1 is 1.44 bits per heavy atom. The summed E-state index contributed by atoms with van der Waals surface area (Å²) in [4.78, 5) is 0. The Kier molecular flexibility index (Phi) is 3.26. The summed E-state index contributed by atoms with van der Waals surface area (Å²) in [6, 6.07) is 0. The zero-order valence-corrected chi connectivity index (χ0v) is 8.10.